The van der Waals surface area contributed by atoms with Crippen LogP contribution in [0.1, 0.15) is 26.4 Å². The van der Waals surface area contributed by atoms with Gasteiger partial charge in [-0.3, -0.25) is 0 Å². The van der Waals surface area contributed by atoms with Crippen molar-refractivity contribution < 1.29 is 26.8 Å². The van der Waals surface area contributed by atoms with Crippen molar-refractivity contribution in [1.82, 2.24) is 46.9 Å². The second-order valence-corrected chi connectivity index (χ2v) is 22.2. The third kappa shape index (κ3) is 6.71. The van der Waals surface area contributed by atoms with Crippen molar-refractivity contribution in [1.29, 1.82) is 0 Å². The van der Waals surface area contributed by atoms with Crippen molar-refractivity contribution in [2.24, 2.45) is 6.98 Å². The number of aromatic nitrogens is 14. The maximum Gasteiger partial charge on any atom is 0.335 e. The van der Waals surface area contributed by atoms with Gasteiger partial charge < -0.3 is 4.42 Å². The van der Waals surface area contributed by atoms with E-state index in [1.165, 1.54) is 76.0 Å². The van der Waals surface area contributed by atoms with Crippen molar-refractivity contribution >= 4 is 77.6 Å². The summed E-state index contributed by atoms with van der Waals surface area (Å²) in [6, 6.07) is 60.4. The van der Waals surface area contributed by atoms with Crippen LogP contribution in [0.5, 0.6) is 0 Å². The zero-order chi connectivity index (χ0) is 56.9. The van der Waals surface area contributed by atoms with Crippen molar-refractivity contribution in [2.75, 3.05) is 0 Å². The fraction of sp³-hybridized carbons (Fsp3) is 0.0746. The molecule has 0 N–H and O–H groups in total. The molecule has 17 aromatic rings. The van der Waals surface area contributed by atoms with Gasteiger partial charge in [-0.2, -0.15) is 18.5 Å². The van der Waals surface area contributed by atoms with Crippen molar-refractivity contribution in [3.05, 3.63) is 248 Å². The van der Waals surface area contributed by atoms with Gasteiger partial charge in [0, 0.05) is 64.7 Å². The molecule has 4 aliphatic rings. The summed E-state index contributed by atoms with van der Waals surface area (Å²) in [7, 11) is 0. The number of rotatable bonds is 1. The lowest BCUT2D eigenvalue weighted by Crippen LogP contribution is -2.32. The maximum atomic E-state index is 8.01. The van der Waals surface area contributed by atoms with E-state index in [0.717, 1.165) is 81.7 Å². The molecule has 5 aromatic carbocycles. The highest BCUT2D eigenvalue weighted by atomic mass is 32.1. The number of fused-ring (bicyclic) bond motifs is 28. The largest absolute Gasteiger partial charge is 0.413 e. The summed E-state index contributed by atoms with van der Waals surface area (Å²) in [5, 5.41) is 5.65. The Balaban J connectivity index is 0.0000000871. The molecular weight excluding hydrogens is 1050 g/mol. The van der Waals surface area contributed by atoms with Crippen LogP contribution in [0.25, 0.3) is 117 Å². The lowest BCUT2D eigenvalue weighted by atomic mass is 10.1. The van der Waals surface area contributed by atoms with E-state index in [-0.39, 0.29) is 0 Å². The molecule has 21 rings (SSSR count). The predicted octanol–water partition coefficient (Wildman–Crippen LogP) is 11.0. The summed E-state index contributed by atoms with van der Waals surface area (Å²) >= 11 is 1.86. The number of oxazole rings is 1. The highest BCUT2D eigenvalue weighted by Gasteiger charge is 2.38. The first-order valence-corrected chi connectivity index (χ1v) is 28.4. The Morgan fingerprint density at radius 2 is 1.06 bits per heavy atom. The topological polar surface area (TPSA) is 108 Å². The number of aryl methyl sites for hydroxylation is 1. The van der Waals surface area contributed by atoms with Gasteiger partial charge in [-0.05, 0) is 66.7 Å². The Kier molecular flexibility index (Phi) is 9.11. The van der Waals surface area contributed by atoms with Crippen LogP contribution in [-0.2, 0) is 33.2 Å². The minimum Gasteiger partial charge on any atom is -0.413 e. The molecule has 16 heterocycles. The Bertz CT molecular complexity index is 5480. The van der Waals surface area contributed by atoms with Crippen LogP contribution in [0.4, 0.5) is 0 Å². The molecule has 0 amide bonds. The quantitative estimate of drug-likeness (QED) is 0.152. The van der Waals surface area contributed by atoms with E-state index in [4.69, 9.17) is 8.53 Å². The van der Waals surface area contributed by atoms with Gasteiger partial charge in [0.25, 0.3) is 17.4 Å². The molecule has 0 saturated carbocycles. The zero-order valence-electron chi connectivity index (χ0n) is 47.3. The lowest BCUT2D eigenvalue weighted by Gasteiger charge is -2.03. The first-order chi connectivity index (χ1) is 42.3. The van der Waals surface area contributed by atoms with Gasteiger partial charge in [0.1, 0.15) is 35.5 Å². The molecule has 0 fully saturated rings. The van der Waals surface area contributed by atoms with Crippen LogP contribution in [0.15, 0.2) is 230 Å². The second kappa shape index (κ2) is 17.6. The average molecular weight is 1100 g/mol. The Morgan fingerprint density at radius 3 is 1.80 bits per heavy atom. The number of nitrogens with zero attached hydrogens (tertiary/aromatic N) is 14. The molecule has 0 bridgehead atoms. The number of para-hydroxylation sites is 1. The van der Waals surface area contributed by atoms with E-state index in [0.29, 0.717) is 12.1 Å². The normalized spacial score (nSPS) is 13.6. The Labute approximate surface area is 480 Å². The summed E-state index contributed by atoms with van der Waals surface area (Å²) in [6.45, 7) is 1.15. The summed E-state index contributed by atoms with van der Waals surface area (Å²) in [5.41, 5.74) is 22.3. The van der Waals surface area contributed by atoms with E-state index >= 15 is 0 Å². The van der Waals surface area contributed by atoms with Gasteiger partial charge in [0.15, 0.2) is 21.7 Å². The van der Waals surface area contributed by atoms with Crippen molar-refractivity contribution in [3.63, 3.8) is 0 Å². The van der Waals surface area contributed by atoms with Gasteiger partial charge in [-0.1, -0.05) is 102 Å². The highest BCUT2D eigenvalue weighted by molar-refractivity contribution is 7.21. The van der Waals surface area contributed by atoms with Crippen LogP contribution in [-0.4, -0.2) is 46.9 Å². The number of thiazole rings is 1. The molecule has 4 aliphatic heterocycles. The average Bonchev–Trinajstić information content (AvgIpc) is 1.62. The molecular formula is C67H48N14OS+4. The van der Waals surface area contributed by atoms with Crippen molar-refractivity contribution in [2.45, 2.75) is 26.2 Å². The van der Waals surface area contributed by atoms with E-state index in [1.54, 1.807) is 23.1 Å². The predicted molar refractivity (Wildman–Crippen MR) is 318 cm³/mol. The van der Waals surface area contributed by atoms with E-state index in [9.17, 15) is 0 Å². The van der Waals surface area contributed by atoms with Crippen LogP contribution in [0, 0.1) is 0 Å². The number of hydrogen-bond donors (Lipinski definition) is 0. The smallest absolute Gasteiger partial charge is 0.335 e. The number of benzene rings is 5. The van der Waals surface area contributed by atoms with Crippen LogP contribution >= 0.6 is 11.3 Å². The molecule has 15 nitrogen and oxygen atoms in total. The molecule has 12 aromatic heterocycles. The van der Waals surface area contributed by atoms with Gasteiger partial charge in [-0.25, -0.2) is 46.7 Å². The van der Waals surface area contributed by atoms with Crippen LogP contribution in [0.2, 0.25) is 0 Å². The van der Waals surface area contributed by atoms with E-state index < -0.39 is 6.98 Å². The molecule has 16 heteroatoms. The molecule has 394 valence electrons. The van der Waals surface area contributed by atoms with Gasteiger partial charge >= 0.3 is 11.3 Å². The minimum absolute atomic E-state index is 0.680. The monoisotopic (exact) mass is 1100 g/mol. The van der Waals surface area contributed by atoms with Crippen LogP contribution < -0.4 is 18.3 Å². The molecule has 83 heavy (non-hydrogen) atoms. The van der Waals surface area contributed by atoms with E-state index in [1.807, 2.05) is 84.5 Å². The molecule has 0 aliphatic carbocycles. The lowest BCUT2D eigenvalue weighted by molar-refractivity contribution is -0.651. The third-order valence-corrected chi connectivity index (χ3v) is 17.8. The van der Waals surface area contributed by atoms with Crippen molar-refractivity contribution in [3.8, 4) is 50.5 Å². The number of hydrogen-bond acceptors (Lipinski definition) is 6. The standard InChI is InChI=1S/C21H15N4.C16H13N4.C15H10N3O.C15H10N3S/c1-2-8-16(9-3-1)25-18-13-19-22-11-6-12-23(19)21(18)24-14-15-7-4-5-10-17(15)20(24)25;1-18-14-10-20-13(7-4-8-17-20)15(14)19-9-11-5-2-3-6-12(11)16(18)19;2*1-2-5-11-10(4-1)9-18-14-12(19-15(11)18)8-13-16-6-3-7-17(13)14/h1-13H,14H2;2-8,10H,9H2,1H3;2*1-8H,9H2/q4*+1/i;1D3;;. The van der Waals surface area contributed by atoms with E-state index in [2.05, 4.69) is 190 Å². The van der Waals surface area contributed by atoms with Gasteiger partial charge in [0.2, 0.25) is 28.2 Å². The summed E-state index contributed by atoms with van der Waals surface area (Å²) < 4.78 is 52.5. The maximum absolute atomic E-state index is 8.01. The fourth-order valence-electron chi connectivity index (χ4n) is 13.2. The van der Waals surface area contributed by atoms with Gasteiger partial charge in [0.05, 0.1) is 65.2 Å². The SMILES string of the molecule is [2H]C([2H])([2H])n1c2[n+](c3c1cn1ncccc31)Cc1ccccc1-2.c1ccc(-n2c3[n+](c4c2cc2ncccn24)Cc2ccccc2-3)cc1.c1ccc2c(c1)C[n+]1c-2oc2cc3ncccn3c21.c1ccc2c(c1)C[n+]1c-2sc2cc3ncccn3c21. The molecule has 0 saturated heterocycles. The second-order valence-electron chi connectivity index (χ2n) is 21.2. The minimum atomic E-state index is -2.25. The first-order valence-electron chi connectivity index (χ1n) is 29.1. The van der Waals surface area contributed by atoms with Gasteiger partial charge in [-0.15, -0.1) is 0 Å². The third-order valence-electron chi connectivity index (χ3n) is 16.7. The highest BCUT2D eigenvalue weighted by Crippen LogP contribution is 2.38. The summed E-state index contributed by atoms with van der Waals surface area (Å²) in [4.78, 5) is 13.3. The number of imidazole rings is 2. The zero-order valence-corrected chi connectivity index (χ0v) is 45.1. The molecule has 0 spiro atoms. The summed E-state index contributed by atoms with van der Waals surface area (Å²) in [6.07, 6.45) is 15.2. The Morgan fingerprint density at radius 1 is 0.482 bits per heavy atom. The molecule has 0 radical (unpaired) electrons. The van der Waals surface area contributed by atoms with Crippen LogP contribution in [0.3, 0.4) is 0 Å². The molecule has 0 unspecified atom stereocenters. The molecule has 0 atom stereocenters. The summed E-state index contributed by atoms with van der Waals surface area (Å²) in [5.74, 6) is 2.93. The Hall–Kier alpha value is -10.8. The fourth-order valence-corrected chi connectivity index (χ4v) is 14.4. The first kappa shape index (κ1) is 43.0.